The van der Waals surface area contributed by atoms with Gasteiger partial charge in [0.2, 0.25) is 0 Å². The van der Waals surface area contributed by atoms with E-state index < -0.39 is 0 Å². The SMILES string of the molecule is O=c1[nH]cccc1C#CC#Cc1ccc[nH]c1=O. The molecule has 0 saturated carbocycles. The van der Waals surface area contributed by atoms with Crippen LogP contribution < -0.4 is 11.1 Å². The van der Waals surface area contributed by atoms with Crippen LogP contribution >= 0.6 is 0 Å². The van der Waals surface area contributed by atoms with E-state index in [2.05, 4.69) is 33.6 Å². The van der Waals surface area contributed by atoms with Gasteiger partial charge in [-0.2, -0.15) is 0 Å². The fourth-order valence-corrected chi connectivity index (χ4v) is 1.24. The molecule has 0 radical (unpaired) electrons. The molecule has 0 spiro atoms. The van der Waals surface area contributed by atoms with Crippen LogP contribution in [0.25, 0.3) is 0 Å². The molecule has 0 fully saturated rings. The Balaban J connectivity index is 2.26. The van der Waals surface area contributed by atoms with Gasteiger partial charge in [-0.3, -0.25) is 9.59 Å². The van der Waals surface area contributed by atoms with E-state index in [4.69, 9.17) is 0 Å². The second-order valence-electron chi connectivity index (χ2n) is 3.33. The Hall–Kier alpha value is -2.98. The lowest BCUT2D eigenvalue weighted by Gasteiger charge is -1.85. The van der Waals surface area contributed by atoms with Crippen LogP contribution in [0.4, 0.5) is 0 Å². The first-order valence-corrected chi connectivity index (χ1v) is 5.15. The molecule has 4 nitrogen and oxygen atoms in total. The molecule has 18 heavy (non-hydrogen) atoms. The lowest BCUT2D eigenvalue weighted by Crippen LogP contribution is -2.07. The van der Waals surface area contributed by atoms with Gasteiger partial charge in [0, 0.05) is 12.4 Å². The average Bonchev–Trinajstić information content (AvgIpc) is 2.38. The highest BCUT2D eigenvalue weighted by Gasteiger charge is 1.91. The molecule has 0 amide bonds. The van der Waals surface area contributed by atoms with Crippen LogP contribution in [-0.2, 0) is 0 Å². The van der Waals surface area contributed by atoms with Gasteiger partial charge in [0.25, 0.3) is 11.1 Å². The summed E-state index contributed by atoms with van der Waals surface area (Å²) in [5.41, 5.74) is 0.163. The summed E-state index contributed by atoms with van der Waals surface area (Å²) in [6.07, 6.45) is 3.06. The third kappa shape index (κ3) is 2.78. The highest BCUT2D eigenvalue weighted by molar-refractivity contribution is 5.42. The largest absolute Gasteiger partial charge is 0.328 e. The third-order valence-corrected chi connectivity index (χ3v) is 2.09. The van der Waals surface area contributed by atoms with Gasteiger partial charge in [-0.05, 0) is 47.9 Å². The summed E-state index contributed by atoms with van der Waals surface area (Å²) in [4.78, 5) is 27.6. The van der Waals surface area contributed by atoms with Crippen molar-refractivity contribution in [2.45, 2.75) is 0 Å². The predicted molar refractivity (Wildman–Crippen MR) is 67.9 cm³/mol. The van der Waals surface area contributed by atoms with Crippen LogP contribution in [0.3, 0.4) is 0 Å². The molecule has 2 aromatic heterocycles. The standard InChI is InChI=1S/C14H8N2O2/c17-13-11(7-3-9-15-13)5-1-2-6-12-8-4-10-16-14(12)18/h3-4,7-10H,(H,15,17)(H,16,18). The predicted octanol–water partition coefficient (Wildman–Crippen LogP) is 0.466. The van der Waals surface area contributed by atoms with E-state index >= 15 is 0 Å². The van der Waals surface area contributed by atoms with Gasteiger partial charge in [0.05, 0.1) is 11.1 Å². The van der Waals surface area contributed by atoms with Crippen LogP contribution in [0, 0.1) is 23.7 Å². The van der Waals surface area contributed by atoms with Gasteiger partial charge in [0.1, 0.15) is 0 Å². The van der Waals surface area contributed by atoms with E-state index in [1.54, 1.807) is 24.3 Å². The molecule has 0 atom stereocenters. The second kappa shape index (κ2) is 5.38. The maximum atomic E-state index is 11.3. The van der Waals surface area contributed by atoms with Gasteiger partial charge in [0.15, 0.2) is 0 Å². The highest BCUT2D eigenvalue weighted by atomic mass is 16.1. The zero-order valence-electron chi connectivity index (χ0n) is 9.28. The number of nitrogens with one attached hydrogen (secondary N) is 2. The molecule has 0 aliphatic rings. The molecule has 2 aromatic rings. The summed E-state index contributed by atoms with van der Waals surface area (Å²) in [5.74, 6) is 10.3. The topological polar surface area (TPSA) is 65.7 Å². The van der Waals surface area contributed by atoms with Gasteiger partial charge in [-0.1, -0.05) is 0 Å². The van der Waals surface area contributed by atoms with Crippen molar-refractivity contribution >= 4 is 0 Å². The Morgan fingerprint density at radius 2 is 1.22 bits per heavy atom. The molecular weight excluding hydrogens is 228 g/mol. The molecule has 0 aromatic carbocycles. The maximum absolute atomic E-state index is 11.3. The van der Waals surface area contributed by atoms with Crippen molar-refractivity contribution in [3.8, 4) is 23.7 Å². The molecular formula is C14H8N2O2. The van der Waals surface area contributed by atoms with E-state index in [1.165, 1.54) is 12.4 Å². The first-order valence-electron chi connectivity index (χ1n) is 5.15. The molecule has 0 aliphatic carbocycles. The Bertz CT molecular complexity index is 723. The number of aromatic nitrogens is 2. The summed E-state index contributed by atoms with van der Waals surface area (Å²) < 4.78 is 0. The average molecular weight is 236 g/mol. The Labute approximate surface area is 103 Å². The first-order chi connectivity index (χ1) is 8.77. The summed E-state index contributed by atoms with van der Waals surface area (Å²) in [5, 5.41) is 0. The minimum absolute atomic E-state index is 0.260. The van der Waals surface area contributed by atoms with Crippen molar-refractivity contribution in [1.29, 1.82) is 0 Å². The van der Waals surface area contributed by atoms with Crippen LogP contribution in [0.15, 0.2) is 46.2 Å². The molecule has 2 heterocycles. The van der Waals surface area contributed by atoms with E-state index in [0.717, 1.165) is 0 Å². The number of pyridine rings is 2. The van der Waals surface area contributed by atoms with Gasteiger partial charge < -0.3 is 9.97 Å². The maximum Gasteiger partial charge on any atom is 0.263 e. The van der Waals surface area contributed by atoms with Gasteiger partial charge >= 0.3 is 0 Å². The molecule has 0 bridgehead atoms. The van der Waals surface area contributed by atoms with Gasteiger partial charge in [-0.15, -0.1) is 0 Å². The molecule has 0 saturated heterocycles. The first kappa shape index (κ1) is 11.5. The smallest absolute Gasteiger partial charge is 0.263 e. The van der Waals surface area contributed by atoms with Crippen molar-refractivity contribution in [2.24, 2.45) is 0 Å². The monoisotopic (exact) mass is 236 g/mol. The lowest BCUT2D eigenvalue weighted by atomic mass is 10.2. The molecule has 2 N–H and O–H groups in total. The Morgan fingerprint density at radius 3 is 1.61 bits per heavy atom. The normalized spacial score (nSPS) is 8.67. The fraction of sp³-hybridized carbons (Fsp3) is 0. The van der Waals surface area contributed by atoms with Crippen molar-refractivity contribution in [1.82, 2.24) is 9.97 Å². The molecule has 0 unspecified atom stereocenters. The van der Waals surface area contributed by atoms with E-state index in [0.29, 0.717) is 11.1 Å². The van der Waals surface area contributed by atoms with Crippen LogP contribution in [0.1, 0.15) is 11.1 Å². The molecule has 86 valence electrons. The van der Waals surface area contributed by atoms with E-state index in [1.807, 2.05) is 0 Å². The number of H-pyrrole nitrogens is 2. The molecule has 4 heteroatoms. The summed E-state index contributed by atoms with van der Waals surface area (Å²) in [6, 6.07) is 6.56. The summed E-state index contributed by atoms with van der Waals surface area (Å²) >= 11 is 0. The fourth-order valence-electron chi connectivity index (χ4n) is 1.24. The highest BCUT2D eigenvalue weighted by Crippen LogP contribution is 1.85. The minimum Gasteiger partial charge on any atom is -0.328 e. The van der Waals surface area contributed by atoms with Crippen LogP contribution in [0.2, 0.25) is 0 Å². The van der Waals surface area contributed by atoms with Crippen molar-refractivity contribution in [3.05, 3.63) is 68.5 Å². The van der Waals surface area contributed by atoms with Crippen LogP contribution in [0.5, 0.6) is 0 Å². The quantitative estimate of drug-likeness (QED) is 0.653. The molecule has 0 aliphatic heterocycles. The molecule has 2 rings (SSSR count). The minimum atomic E-state index is -0.260. The van der Waals surface area contributed by atoms with Crippen LogP contribution in [-0.4, -0.2) is 9.97 Å². The van der Waals surface area contributed by atoms with Gasteiger partial charge in [-0.25, -0.2) is 0 Å². The lowest BCUT2D eigenvalue weighted by molar-refractivity contribution is 1.22. The number of hydrogen-bond donors (Lipinski definition) is 2. The van der Waals surface area contributed by atoms with Crippen molar-refractivity contribution < 1.29 is 0 Å². The van der Waals surface area contributed by atoms with Crippen molar-refractivity contribution in [2.75, 3.05) is 0 Å². The summed E-state index contributed by atoms with van der Waals surface area (Å²) in [7, 11) is 0. The van der Waals surface area contributed by atoms with E-state index in [-0.39, 0.29) is 11.1 Å². The Morgan fingerprint density at radius 1 is 0.778 bits per heavy atom. The number of aromatic amines is 2. The second-order valence-corrected chi connectivity index (χ2v) is 3.33. The van der Waals surface area contributed by atoms with Crippen molar-refractivity contribution in [3.63, 3.8) is 0 Å². The number of hydrogen-bond acceptors (Lipinski definition) is 2. The summed E-state index contributed by atoms with van der Waals surface area (Å²) in [6.45, 7) is 0. The number of rotatable bonds is 0. The zero-order valence-corrected chi connectivity index (χ0v) is 9.28. The third-order valence-electron chi connectivity index (χ3n) is 2.09. The zero-order chi connectivity index (χ0) is 12.8. The van der Waals surface area contributed by atoms with E-state index in [9.17, 15) is 9.59 Å². The Kier molecular flexibility index (Phi) is 3.44.